The summed E-state index contributed by atoms with van der Waals surface area (Å²) in [7, 11) is -1.57. The highest BCUT2D eigenvalue weighted by atomic mass is 28.3. The van der Waals surface area contributed by atoms with Crippen molar-refractivity contribution in [2.24, 2.45) is 0 Å². The summed E-state index contributed by atoms with van der Waals surface area (Å²) in [6.45, 7) is 11.8. The molecule has 142 valence electrons. The molecule has 0 saturated heterocycles. The minimum Gasteiger partial charge on any atom is -0.459 e. The minimum atomic E-state index is -1.57. The molecule has 1 atom stereocenters. The molecule has 0 spiro atoms. The van der Waals surface area contributed by atoms with E-state index in [0.29, 0.717) is 0 Å². The van der Waals surface area contributed by atoms with Crippen molar-refractivity contribution in [2.75, 3.05) is 0 Å². The van der Waals surface area contributed by atoms with Crippen molar-refractivity contribution < 1.29 is 19.1 Å². The molecular weight excluding hydrogens is 346 g/mol. The van der Waals surface area contributed by atoms with Crippen LogP contribution in [-0.4, -0.2) is 31.8 Å². The average Bonchev–Trinajstić information content (AvgIpc) is 2.49. The van der Waals surface area contributed by atoms with Gasteiger partial charge in [-0.1, -0.05) is 50.0 Å². The number of alkyl carbamates (subject to hydrolysis) is 1. The number of hydrogen-bond acceptors (Lipinski definition) is 4. The number of carbonyl (C=O) groups is 2. The first-order valence-corrected chi connectivity index (χ1v) is 12.2. The lowest BCUT2D eigenvalue weighted by atomic mass is 10.2. The van der Waals surface area contributed by atoms with Gasteiger partial charge in [-0.05, 0) is 26.3 Å². The number of nitrogens with one attached hydrogen (secondary N) is 1. The summed E-state index contributed by atoms with van der Waals surface area (Å²) in [6, 6.07) is 8.52. The third-order valence-electron chi connectivity index (χ3n) is 2.97. The smallest absolute Gasteiger partial charge is 0.408 e. The van der Waals surface area contributed by atoms with E-state index in [9.17, 15) is 9.59 Å². The molecule has 0 bridgehead atoms. The van der Waals surface area contributed by atoms with Gasteiger partial charge >= 0.3 is 12.1 Å². The van der Waals surface area contributed by atoms with Crippen molar-refractivity contribution in [3.63, 3.8) is 0 Å². The van der Waals surface area contributed by atoms with Gasteiger partial charge in [0.1, 0.15) is 26.3 Å². The Labute approximate surface area is 157 Å². The summed E-state index contributed by atoms with van der Waals surface area (Å²) in [4.78, 5) is 24.5. The van der Waals surface area contributed by atoms with E-state index in [-0.39, 0.29) is 13.0 Å². The highest BCUT2D eigenvalue weighted by molar-refractivity contribution is 6.83. The number of ether oxygens (including phenoxy) is 2. The summed E-state index contributed by atoms with van der Waals surface area (Å²) in [5, 5.41) is 2.57. The zero-order chi connectivity index (χ0) is 19.8. The lowest BCUT2D eigenvalue weighted by Gasteiger charge is -2.22. The fourth-order valence-corrected chi connectivity index (χ4v) is 2.52. The summed E-state index contributed by atoms with van der Waals surface area (Å²) >= 11 is 0. The van der Waals surface area contributed by atoms with Gasteiger partial charge in [0.2, 0.25) is 0 Å². The third kappa shape index (κ3) is 9.89. The standard InChI is InChI=1S/C20H29NO4Si/c1-20(2,3)25-19(23)21-17(13-10-14-26(4,5)6)18(22)24-15-16-11-8-7-9-12-16/h7-9,11-12,17H,13,15H2,1-6H3,(H,21,23)/t17-/m0/s1. The molecule has 0 heterocycles. The van der Waals surface area contributed by atoms with E-state index < -0.39 is 31.8 Å². The Kier molecular flexibility index (Phi) is 7.91. The molecule has 6 heteroatoms. The maximum Gasteiger partial charge on any atom is 0.408 e. The molecule has 0 unspecified atom stereocenters. The molecule has 0 aliphatic carbocycles. The van der Waals surface area contributed by atoms with Gasteiger partial charge in [-0.2, -0.15) is 0 Å². The topological polar surface area (TPSA) is 64.6 Å². The van der Waals surface area contributed by atoms with Crippen molar-refractivity contribution >= 4 is 20.1 Å². The van der Waals surface area contributed by atoms with Crippen LogP contribution in [0.4, 0.5) is 4.79 Å². The van der Waals surface area contributed by atoms with E-state index in [1.54, 1.807) is 20.8 Å². The molecule has 5 nitrogen and oxygen atoms in total. The molecule has 0 aliphatic rings. The van der Waals surface area contributed by atoms with Crippen LogP contribution in [0.3, 0.4) is 0 Å². The highest BCUT2D eigenvalue weighted by Crippen LogP contribution is 2.09. The lowest BCUT2D eigenvalue weighted by molar-refractivity contribution is -0.147. The Morgan fingerprint density at radius 3 is 2.31 bits per heavy atom. The van der Waals surface area contributed by atoms with Crippen LogP contribution >= 0.6 is 0 Å². The maximum absolute atomic E-state index is 12.4. The van der Waals surface area contributed by atoms with E-state index in [4.69, 9.17) is 9.47 Å². The zero-order valence-electron chi connectivity index (χ0n) is 16.5. The Morgan fingerprint density at radius 1 is 1.15 bits per heavy atom. The van der Waals surface area contributed by atoms with E-state index in [0.717, 1.165) is 5.56 Å². The van der Waals surface area contributed by atoms with Crippen molar-refractivity contribution in [3.8, 4) is 11.5 Å². The summed E-state index contributed by atoms with van der Waals surface area (Å²) in [5.41, 5.74) is 3.42. The van der Waals surface area contributed by atoms with Crippen LogP contribution in [0, 0.1) is 11.5 Å². The van der Waals surface area contributed by atoms with Gasteiger partial charge < -0.3 is 14.8 Å². The monoisotopic (exact) mass is 375 g/mol. The van der Waals surface area contributed by atoms with Gasteiger partial charge in [-0.25, -0.2) is 9.59 Å². The Bertz CT molecular complexity index is 663. The fourth-order valence-electron chi connectivity index (χ4n) is 1.89. The number of benzene rings is 1. The van der Waals surface area contributed by atoms with Gasteiger partial charge in [0.25, 0.3) is 0 Å². The second-order valence-corrected chi connectivity index (χ2v) is 12.8. The molecule has 1 rings (SSSR count). The Morgan fingerprint density at radius 2 is 1.77 bits per heavy atom. The van der Waals surface area contributed by atoms with E-state index in [1.165, 1.54) is 0 Å². The molecule has 0 aromatic heterocycles. The van der Waals surface area contributed by atoms with Crippen LogP contribution in [0.15, 0.2) is 30.3 Å². The number of carbonyl (C=O) groups excluding carboxylic acids is 2. The fraction of sp³-hybridized carbons (Fsp3) is 0.500. The predicted octanol–water partition coefficient (Wildman–Crippen LogP) is 3.89. The van der Waals surface area contributed by atoms with E-state index in [2.05, 4.69) is 36.4 Å². The van der Waals surface area contributed by atoms with Crippen LogP contribution in [0.2, 0.25) is 19.6 Å². The molecule has 1 aromatic rings. The summed E-state index contributed by atoms with van der Waals surface area (Å²) in [5.74, 6) is 2.49. The van der Waals surface area contributed by atoms with Crippen LogP contribution in [0.5, 0.6) is 0 Å². The van der Waals surface area contributed by atoms with Crippen LogP contribution in [-0.2, 0) is 20.9 Å². The quantitative estimate of drug-likeness (QED) is 0.482. The van der Waals surface area contributed by atoms with Gasteiger partial charge in [0, 0.05) is 6.42 Å². The number of amides is 1. The molecule has 0 saturated carbocycles. The zero-order valence-corrected chi connectivity index (χ0v) is 17.5. The van der Waals surface area contributed by atoms with Crippen molar-refractivity contribution in [1.82, 2.24) is 5.32 Å². The highest BCUT2D eigenvalue weighted by Gasteiger charge is 2.25. The molecule has 0 aliphatic heterocycles. The maximum atomic E-state index is 12.4. The summed E-state index contributed by atoms with van der Waals surface area (Å²) in [6.07, 6.45) is -0.467. The first-order valence-electron chi connectivity index (χ1n) is 8.66. The summed E-state index contributed by atoms with van der Waals surface area (Å²) < 4.78 is 10.6. The molecule has 1 aromatic carbocycles. The number of hydrogen-bond donors (Lipinski definition) is 1. The molecule has 1 N–H and O–H groups in total. The molecular formula is C20H29NO4Si. The van der Waals surface area contributed by atoms with Gasteiger partial charge in [-0.3, -0.25) is 0 Å². The SMILES string of the molecule is CC(C)(C)OC(=O)N[C@@H](CC#C[Si](C)(C)C)C(=O)OCc1ccccc1. The second kappa shape index (κ2) is 9.44. The number of esters is 1. The Hall–Kier alpha value is -2.26. The Balaban J connectivity index is 2.75. The van der Waals surface area contributed by atoms with E-state index >= 15 is 0 Å². The average molecular weight is 376 g/mol. The third-order valence-corrected chi connectivity index (χ3v) is 3.90. The molecule has 1 amide bonds. The normalized spacial score (nSPS) is 12.4. The van der Waals surface area contributed by atoms with Gasteiger partial charge in [-0.15, -0.1) is 11.5 Å². The van der Waals surface area contributed by atoms with Crippen molar-refractivity contribution in [3.05, 3.63) is 35.9 Å². The molecule has 26 heavy (non-hydrogen) atoms. The number of rotatable bonds is 5. The second-order valence-electron chi connectivity index (χ2n) is 8.05. The van der Waals surface area contributed by atoms with Crippen molar-refractivity contribution in [1.29, 1.82) is 0 Å². The first-order chi connectivity index (χ1) is 12.0. The van der Waals surface area contributed by atoms with Gasteiger partial charge in [0.05, 0.1) is 0 Å². The van der Waals surface area contributed by atoms with Gasteiger partial charge in [0.15, 0.2) is 0 Å². The first kappa shape index (κ1) is 21.8. The molecule has 0 radical (unpaired) electrons. The van der Waals surface area contributed by atoms with Crippen molar-refractivity contribution in [2.45, 2.75) is 65.1 Å². The lowest BCUT2D eigenvalue weighted by Crippen LogP contribution is -2.44. The van der Waals surface area contributed by atoms with Crippen LogP contribution in [0.25, 0.3) is 0 Å². The largest absolute Gasteiger partial charge is 0.459 e. The molecule has 0 fully saturated rings. The predicted molar refractivity (Wildman–Crippen MR) is 105 cm³/mol. The van der Waals surface area contributed by atoms with Crippen LogP contribution < -0.4 is 5.32 Å². The van der Waals surface area contributed by atoms with E-state index in [1.807, 2.05) is 30.3 Å². The van der Waals surface area contributed by atoms with Crippen LogP contribution in [0.1, 0.15) is 32.8 Å². The minimum absolute atomic E-state index is 0.146.